The maximum Gasteiger partial charge on any atom is 0.239 e. The number of hydrogen-bond donors (Lipinski definition) is 0. The van der Waals surface area contributed by atoms with Gasteiger partial charge in [-0.05, 0) is 24.6 Å². The maximum absolute atomic E-state index is 12.0. The monoisotopic (exact) mass is 309 g/mol. The summed E-state index contributed by atoms with van der Waals surface area (Å²) in [5.41, 5.74) is 1.24. The van der Waals surface area contributed by atoms with E-state index in [-0.39, 0.29) is 11.9 Å². The van der Waals surface area contributed by atoms with Crippen LogP contribution in [0.1, 0.15) is 12.5 Å². The van der Waals surface area contributed by atoms with E-state index in [1.807, 2.05) is 39.2 Å². The lowest BCUT2D eigenvalue weighted by Gasteiger charge is -2.38. The fourth-order valence-corrected chi connectivity index (χ4v) is 2.95. The number of nitrogens with zero attached hydrogens (tertiary/aromatic N) is 3. The van der Waals surface area contributed by atoms with Crippen molar-refractivity contribution in [3.05, 3.63) is 34.9 Å². The van der Waals surface area contributed by atoms with E-state index in [0.717, 1.165) is 37.7 Å². The lowest BCUT2D eigenvalue weighted by Crippen LogP contribution is -2.53. The number of halogens is 1. The second-order valence-electron chi connectivity index (χ2n) is 5.85. The molecule has 0 radical (unpaired) electrons. The molecule has 0 saturated carbocycles. The molecule has 0 N–H and O–H groups in total. The Kier molecular flexibility index (Phi) is 5.62. The number of piperazine rings is 1. The largest absolute Gasteiger partial charge is 0.347 e. The number of carbonyl (C=O) groups is 1. The molecule has 5 heteroatoms. The van der Waals surface area contributed by atoms with Gasteiger partial charge in [-0.1, -0.05) is 23.7 Å². The number of carbonyl (C=O) groups excluding carboxylic acids is 1. The lowest BCUT2D eigenvalue weighted by atomic mass is 10.1. The van der Waals surface area contributed by atoms with Crippen LogP contribution in [0.15, 0.2) is 24.3 Å². The number of rotatable bonds is 4. The summed E-state index contributed by atoms with van der Waals surface area (Å²) in [7, 11) is 3.63. The van der Waals surface area contributed by atoms with Crippen molar-refractivity contribution < 1.29 is 4.79 Å². The number of benzene rings is 1. The predicted octanol–water partition coefficient (Wildman–Crippen LogP) is 1.93. The molecule has 21 heavy (non-hydrogen) atoms. The highest BCUT2D eigenvalue weighted by molar-refractivity contribution is 6.30. The molecule has 1 amide bonds. The minimum Gasteiger partial charge on any atom is -0.347 e. The fraction of sp³-hybridized carbons (Fsp3) is 0.562. The third kappa shape index (κ3) is 4.43. The Labute approximate surface area is 132 Å². The van der Waals surface area contributed by atoms with Gasteiger partial charge in [0.2, 0.25) is 5.91 Å². The van der Waals surface area contributed by atoms with Crippen LogP contribution in [0.5, 0.6) is 0 Å². The van der Waals surface area contributed by atoms with Crippen molar-refractivity contribution in [3.63, 3.8) is 0 Å². The first-order chi connectivity index (χ1) is 9.97. The highest BCUT2D eigenvalue weighted by Crippen LogP contribution is 2.15. The van der Waals surface area contributed by atoms with E-state index >= 15 is 0 Å². The van der Waals surface area contributed by atoms with Crippen molar-refractivity contribution in [2.24, 2.45) is 0 Å². The van der Waals surface area contributed by atoms with Gasteiger partial charge in [0.25, 0.3) is 0 Å². The third-order valence-electron chi connectivity index (χ3n) is 4.05. The molecule has 1 unspecified atom stereocenters. The summed E-state index contributed by atoms with van der Waals surface area (Å²) in [5.74, 6) is 0.179. The Balaban J connectivity index is 1.84. The molecule has 0 aromatic heterocycles. The number of likely N-dealkylation sites (N-methyl/N-ethyl adjacent to an activating group) is 1. The fourth-order valence-electron chi connectivity index (χ4n) is 2.73. The van der Waals surface area contributed by atoms with Gasteiger partial charge < -0.3 is 4.90 Å². The average Bonchev–Trinajstić information content (AvgIpc) is 2.46. The Bertz CT molecular complexity index is 484. The molecule has 2 rings (SSSR count). The van der Waals surface area contributed by atoms with Crippen molar-refractivity contribution >= 4 is 17.5 Å². The molecule has 0 spiro atoms. The zero-order chi connectivity index (χ0) is 15.4. The Morgan fingerprint density at radius 3 is 2.52 bits per heavy atom. The van der Waals surface area contributed by atoms with Gasteiger partial charge in [-0.25, -0.2) is 0 Å². The smallest absolute Gasteiger partial charge is 0.239 e. The highest BCUT2D eigenvalue weighted by atomic mass is 35.5. The lowest BCUT2D eigenvalue weighted by molar-refractivity contribution is -0.134. The second-order valence-corrected chi connectivity index (χ2v) is 6.29. The topological polar surface area (TPSA) is 26.8 Å². The minimum atomic E-state index is -0.0340. The second kappa shape index (κ2) is 7.25. The van der Waals surface area contributed by atoms with Crippen LogP contribution < -0.4 is 0 Å². The quantitative estimate of drug-likeness (QED) is 0.850. The van der Waals surface area contributed by atoms with Gasteiger partial charge in [0.1, 0.15) is 0 Å². The van der Waals surface area contributed by atoms with Crippen molar-refractivity contribution in [1.82, 2.24) is 14.7 Å². The van der Waals surface area contributed by atoms with E-state index in [4.69, 9.17) is 11.6 Å². The van der Waals surface area contributed by atoms with Crippen molar-refractivity contribution in [1.29, 1.82) is 0 Å². The van der Waals surface area contributed by atoms with Crippen LogP contribution in [-0.2, 0) is 11.3 Å². The molecule has 116 valence electrons. The van der Waals surface area contributed by atoms with Crippen molar-refractivity contribution in [3.8, 4) is 0 Å². The van der Waals surface area contributed by atoms with Gasteiger partial charge in [-0.2, -0.15) is 0 Å². The van der Waals surface area contributed by atoms with Crippen LogP contribution in [0.25, 0.3) is 0 Å². The van der Waals surface area contributed by atoms with Gasteiger partial charge in [-0.3, -0.25) is 14.6 Å². The summed E-state index contributed by atoms with van der Waals surface area (Å²) in [4.78, 5) is 18.4. The van der Waals surface area contributed by atoms with Crippen LogP contribution in [0.2, 0.25) is 5.02 Å². The minimum absolute atomic E-state index is 0.0340. The number of hydrogen-bond acceptors (Lipinski definition) is 3. The van der Waals surface area contributed by atoms with Crippen molar-refractivity contribution in [2.75, 3.05) is 40.3 Å². The number of amides is 1. The first-order valence-corrected chi connectivity index (χ1v) is 7.77. The summed E-state index contributed by atoms with van der Waals surface area (Å²) in [5, 5.41) is 0.788. The standard InChI is InChI=1S/C16H24ClN3O/c1-13(16(21)18(2)3)20-9-7-19(8-10-20)12-14-5-4-6-15(17)11-14/h4-6,11,13H,7-10,12H2,1-3H3. The molecule has 1 aliphatic heterocycles. The highest BCUT2D eigenvalue weighted by Gasteiger charge is 2.26. The molecular weight excluding hydrogens is 286 g/mol. The normalized spacial score (nSPS) is 18.5. The Hall–Kier alpha value is -1.10. The summed E-state index contributed by atoms with van der Waals surface area (Å²) in [6, 6.07) is 7.99. The van der Waals surface area contributed by atoms with Gasteiger partial charge in [-0.15, -0.1) is 0 Å². The molecule has 1 heterocycles. The summed E-state index contributed by atoms with van der Waals surface area (Å²) >= 11 is 6.02. The Morgan fingerprint density at radius 2 is 1.95 bits per heavy atom. The van der Waals surface area contributed by atoms with E-state index in [0.29, 0.717) is 0 Å². The molecule has 1 atom stereocenters. The van der Waals surface area contributed by atoms with Crippen LogP contribution in [0, 0.1) is 0 Å². The zero-order valence-corrected chi connectivity index (χ0v) is 13.8. The summed E-state index contributed by atoms with van der Waals surface area (Å²) < 4.78 is 0. The first-order valence-electron chi connectivity index (χ1n) is 7.39. The summed E-state index contributed by atoms with van der Waals surface area (Å²) in [6.45, 7) is 6.75. The van der Waals surface area contributed by atoms with Crippen LogP contribution in [0.4, 0.5) is 0 Å². The molecule has 1 fully saturated rings. The molecule has 1 aromatic carbocycles. The molecule has 1 saturated heterocycles. The molecule has 0 aliphatic carbocycles. The van der Waals surface area contributed by atoms with Crippen LogP contribution in [0.3, 0.4) is 0 Å². The molecule has 4 nitrogen and oxygen atoms in total. The first kappa shape index (κ1) is 16.3. The average molecular weight is 310 g/mol. The van der Waals surface area contributed by atoms with E-state index < -0.39 is 0 Å². The zero-order valence-electron chi connectivity index (χ0n) is 13.1. The third-order valence-corrected chi connectivity index (χ3v) is 4.28. The van der Waals surface area contributed by atoms with Crippen LogP contribution >= 0.6 is 11.6 Å². The van der Waals surface area contributed by atoms with Gasteiger partial charge in [0.15, 0.2) is 0 Å². The van der Waals surface area contributed by atoms with E-state index in [2.05, 4.69) is 15.9 Å². The van der Waals surface area contributed by atoms with Crippen molar-refractivity contribution in [2.45, 2.75) is 19.5 Å². The van der Waals surface area contributed by atoms with Gasteiger partial charge in [0, 0.05) is 51.8 Å². The molecule has 1 aromatic rings. The van der Waals surface area contributed by atoms with E-state index in [1.165, 1.54) is 5.56 Å². The summed E-state index contributed by atoms with van der Waals surface area (Å²) in [6.07, 6.45) is 0. The van der Waals surface area contributed by atoms with E-state index in [1.54, 1.807) is 4.90 Å². The Morgan fingerprint density at radius 1 is 1.29 bits per heavy atom. The van der Waals surface area contributed by atoms with Crippen LogP contribution in [-0.4, -0.2) is 66.9 Å². The SMILES string of the molecule is CC(C(=O)N(C)C)N1CCN(Cc2cccc(Cl)c2)CC1. The predicted molar refractivity (Wildman–Crippen MR) is 86.5 cm³/mol. The molecular formula is C16H24ClN3O. The van der Waals surface area contributed by atoms with Gasteiger partial charge >= 0.3 is 0 Å². The molecule has 1 aliphatic rings. The molecule has 0 bridgehead atoms. The maximum atomic E-state index is 12.0. The van der Waals surface area contributed by atoms with E-state index in [9.17, 15) is 4.79 Å². The van der Waals surface area contributed by atoms with Gasteiger partial charge in [0.05, 0.1) is 6.04 Å².